The standard InChI is InChI=1S/C7H14O5S.K/c1-6(2)7(8)12-4-3-5-13(9,10)11;/h6H,3-5H2,1-2H3,(H,9,10,11);/q;+1/p-1. The summed E-state index contributed by atoms with van der Waals surface area (Å²) in [5.74, 6) is -1.11. The predicted molar refractivity (Wildman–Crippen MR) is 45.0 cm³/mol. The molecular weight excluding hydrogens is 235 g/mol. The van der Waals surface area contributed by atoms with Crippen LogP contribution in [0.5, 0.6) is 0 Å². The number of carbonyl (C=O) groups excluding carboxylic acids is 1. The summed E-state index contributed by atoms with van der Waals surface area (Å²) >= 11 is 0. The van der Waals surface area contributed by atoms with Crippen molar-refractivity contribution < 1.29 is 73.9 Å². The van der Waals surface area contributed by atoms with Crippen LogP contribution in [0.15, 0.2) is 0 Å². The molecule has 0 unspecified atom stereocenters. The molecule has 0 saturated heterocycles. The summed E-state index contributed by atoms with van der Waals surface area (Å²) in [4.78, 5) is 10.8. The van der Waals surface area contributed by atoms with Crippen LogP contribution < -0.4 is 51.4 Å². The van der Waals surface area contributed by atoms with Crippen LogP contribution in [0.4, 0.5) is 0 Å². The molecule has 14 heavy (non-hydrogen) atoms. The van der Waals surface area contributed by atoms with Crippen molar-refractivity contribution in [2.24, 2.45) is 5.92 Å². The van der Waals surface area contributed by atoms with Gasteiger partial charge in [-0.05, 0) is 6.42 Å². The third kappa shape index (κ3) is 11.1. The molecule has 0 aromatic rings. The summed E-state index contributed by atoms with van der Waals surface area (Å²) in [7, 11) is -4.18. The molecule has 0 amide bonds. The van der Waals surface area contributed by atoms with Gasteiger partial charge in [-0.3, -0.25) is 4.79 Å². The Morgan fingerprint density at radius 1 is 1.43 bits per heavy atom. The Bertz CT molecular complexity index is 259. The summed E-state index contributed by atoms with van der Waals surface area (Å²) < 4.78 is 35.0. The topological polar surface area (TPSA) is 83.5 Å². The van der Waals surface area contributed by atoms with Crippen LogP contribution in [-0.4, -0.2) is 31.3 Å². The van der Waals surface area contributed by atoms with E-state index in [0.29, 0.717) is 0 Å². The number of esters is 1. The quantitative estimate of drug-likeness (QED) is 0.226. The minimum atomic E-state index is -4.18. The molecule has 7 heteroatoms. The molecule has 0 bridgehead atoms. The number of hydrogen-bond donors (Lipinski definition) is 0. The zero-order valence-electron chi connectivity index (χ0n) is 8.65. The molecule has 0 aromatic carbocycles. The number of ether oxygens (including phenoxy) is 1. The largest absolute Gasteiger partial charge is 1.00 e. The van der Waals surface area contributed by atoms with Gasteiger partial charge in [-0.1, -0.05) is 13.8 Å². The molecule has 0 N–H and O–H groups in total. The SMILES string of the molecule is CC(C)C(=O)OCCCS(=O)(=O)[O-].[K+]. The molecule has 0 spiro atoms. The van der Waals surface area contributed by atoms with E-state index in [9.17, 15) is 17.8 Å². The Labute approximate surface area is 127 Å². The van der Waals surface area contributed by atoms with E-state index < -0.39 is 15.9 Å². The normalized spacial score (nSPS) is 10.9. The summed E-state index contributed by atoms with van der Waals surface area (Å²) in [6.07, 6.45) is 0.0598. The predicted octanol–water partition coefficient (Wildman–Crippen LogP) is -2.88. The van der Waals surface area contributed by atoms with E-state index in [1.807, 2.05) is 0 Å². The first-order valence-electron chi connectivity index (χ1n) is 3.93. The van der Waals surface area contributed by atoms with E-state index in [2.05, 4.69) is 4.74 Å². The maximum Gasteiger partial charge on any atom is 1.00 e. The van der Waals surface area contributed by atoms with E-state index in [1.165, 1.54) is 0 Å². The fourth-order valence-electron chi connectivity index (χ4n) is 0.575. The number of rotatable bonds is 5. The van der Waals surface area contributed by atoms with Gasteiger partial charge in [-0.2, -0.15) is 0 Å². The molecule has 0 aliphatic heterocycles. The van der Waals surface area contributed by atoms with E-state index in [0.717, 1.165) is 0 Å². The summed E-state index contributed by atoms with van der Waals surface area (Å²) in [5.41, 5.74) is 0. The van der Waals surface area contributed by atoms with E-state index >= 15 is 0 Å². The van der Waals surface area contributed by atoms with Crippen LogP contribution in [0.2, 0.25) is 0 Å². The van der Waals surface area contributed by atoms with Crippen LogP contribution >= 0.6 is 0 Å². The summed E-state index contributed by atoms with van der Waals surface area (Å²) in [6, 6.07) is 0. The molecule has 0 aromatic heterocycles. The fraction of sp³-hybridized carbons (Fsp3) is 0.857. The minimum absolute atomic E-state index is 0. The van der Waals surface area contributed by atoms with Crippen LogP contribution in [0, 0.1) is 5.92 Å². The van der Waals surface area contributed by atoms with Crippen molar-refractivity contribution in [3.05, 3.63) is 0 Å². The Morgan fingerprint density at radius 2 is 1.93 bits per heavy atom. The number of hydrogen-bond acceptors (Lipinski definition) is 5. The van der Waals surface area contributed by atoms with Gasteiger partial charge in [0.15, 0.2) is 0 Å². The zero-order chi connectivity index (χ0) is 10.5. The van der Waals surface area contributed by atoms with E-state index in [-0.39, 0.29) is 76.3 Å². The first-order valence-corrected chi connectivity index (χ1v) is 5.51. The van der Waals surface area contributed by atoms with Crippen molar-refractivity contribution in [1.29, 1.82) is 0 Å². The maximum atomic E-state index is 10.8. The third-order valence-corrected chi connectivity index (χ3v) is 2.04. The van der Waals surface area contributed by atoms with Gasteiger partial charge in [0.05, 0.1) is 22.6 Å². The summed E-state index contributed by atoms with van der Waals surface area (Å²) in [5, 5.41) is 0. The van der Waals surface area contributed by atoms with Crippen molar-refractivity contribution >= 4 is 16.1 Å². The van der Waals surface area contributed by atoms with Gasteiger partial charge in [-0.25, -0.2) is 8.42 Å². The molecule has 78 valence electrons. The van der Waals surface area contributed by atoms with Crippen molar-refractivity contribution in [2.45, 2.75) is 20.3 Å². The second-order valence-electron chi connectivity index (χ2n) is 2.94. The molecule has 0 atom stereocenters. The van der Waals surface area contributed by atoms with Gasteiger partial charge in [0.2, 0.25) is 0 Å². The first-order chi connectivity index (χ1) is 5.83. The van der Waals surface area contributed by atoms with E-state index in [1.54, 1.807) is 13.8 Å². The van der Waals surface area contributed by atoms with Gasteiger partial charge < -0.3 is 9.29 Å². The van der Waals surface area contributed by atoms with Crippen molar-refractivity contribution in [2.75, 3.05) is 12.4 Å². The smallest absolute Gasteiger partial charge is 0.748 e. The maximum absolute atomic E-state index is 10.8. The minimum Gasteiger partial charge on any atom is -0.748 e. The fourth-order valence-corrected chi connectivity index (χ4v) is 1.05. The van der Waals surface area contributed by atoms with Gasteiger partial charge in [0.25, 0.3) is 0 Å². The second kappa shape index (κ2) is 8.20. The van der Waals surface area contributed by atoms with Gasteiger partial charge in [0, 0.05) is 5.75 Å². The molecule has 0 aliphatic carbocycles. The molecular formula is C7H13KO5S. The zero-order valence-corrected chi connectivity index (χ0v) is 12.6. The van der Waals surface area contributed by atoms with Crippen LogP contribution in [0.3, 0.4) is 0 Å². The third-order valence-electron chi connectivity index (χ3n) is 1.25. The summed E-state index contributed by atoms with van der Waals surface area (Å²) in [6.45, 7) is 3.33. The molecule has 5 nitrogen and oxygen atoms in total. The van der Waals surface area contributed by atoms with Crippen LogP contribution in [-0.2, 0) is 19.6 Å². The Morgan fingerprint density at radius 3 is 2.29 bits per heavy atom. The Kier molecular flexibility index (Phi) is 10.2. The van der Waals surface area contributed by atoms with Gasteiger partial charge >= 0.3 is 57.4 Å². The molecule has 0 aliphatic rings. The molecule has 0 rings (SSSR count). The van der Waals surface area contributed by atoms with Crippen LogP contribution in [0.1, 0.15) is 20.3 Å². The average molecular weight is 248 g/mol. The second-order valence-corrected chi connectivity index (χ2v) is 4.46. The van der Waals surface area contributed by atoms with Crippen molar-refractivity contribution in [3.8, 4) is 0 Å². The molecule has 0 saturated carbocycles. The Hall–Kier alpha value is 1.02. The number of carbonyl (C=O) groups is 1. The van der Waals surface area contributed by atoms with Crippen LogP contribution in [0.25, 0.3) is 0 Å². The average Bonchev–Trinajstić information content (AvgIpc) is 1.95. The monoisotopic (exact) mass is 248 g/mol. The Balaban J connectivity index is 0. The van der Waals surface area contributed by atoms with Gasteiger partial charge in [-0.15, -0.1) is 0 Å². The molecule has 0 radical (unpaired) electrons. The van der Waals surface area contributed by atoms with E-state index in [4.69, 9.17) is 0 Å². The molecule has 0 heterocycles. The van der Waals surface area contributed by atoms with Gasteiger partial charge in [0.1, 0.15) is 0 Å². The van der Waals surface area contributed by atoms with Crippen molar-refractivity contribution in [1.82, 2.24) is 0 Å². The first kappa shape index (κ1) is 17.4. The van der Waals surface area contributed by atoms with Crippen molar-refractivity contribution in [3.63, 3.8) is 0 Å². The molecule has 0 fully saturated rings.